The third kappa shape index (κ3) is 4.03. The number of para-hydroxylation sites is 1. The monoisotopic (exact) mass is 234 g/mol. The molecule has 0 aliphatic carbocycles. The molecule has 1 rings (SSSR count). The lowest BCUT2D eigenvalue weighted by molar-refractivity contribution is 0.998. The molecule has 0 bridgehead atoms. The Hall–Kier alpha value is -1.35. The maximum absolute atomic E-state index is 5.20. The molecular formula is C13H18N2S. The van der Waals surface area contributed by atoms with Crippen LogP contribution in [0.4, 0.5) is 5.69 Å². The Kier molecular flexibility index (Phi) is 4.99. The summed E-state index contributed by atoms with van der Waals surface area (Å²) in [7, 11) is 0. The van der Waals surface area contributed by atoms with E-state index in [0.29, 0.717) is 11.7 Å². The van der Waals surface area contributed by atoms with Crippen molar-refractivity contribution in [1.29, 1.82) is 0 Å². The molecule has 0 radical (unpaired) electrons. The van der Waals surface area contributed by atoms with Crippen LogP contribution in [-0.4, -0.2) is 11.7 Å². The van der Waals surface area contributed by atoms with Crippen molar-refractivity contribution in [2.45, 2.75) is 20.3 Å². The van der Waals surface area contributed by atoms with Crippen LogP contribution in [0.5, 0.6) is 0 Å². The quantitative estimate of drug-likeness (QED) is 0.618. The van der Waals surface area contributed by atoms with E-state index in [1.165, 1.54) is 5.56 Å². The number of nitrogens with one attached hydrogen (secondary N) is 2. The van der Waals surface area contributed by atoms with Gasteiger partial charge in [0.1, 0.15) is 0 Å². The van der Waals surface area contributed by atoms with E-state index in [2.05, 4.69) is 30.2 Å². The highest BCUT2D eigenvalue weighted by Crippen LogP contribution is 2.14. The van der Waals surface area contributed by atoms with Gasteiger partial charge in [0.15, 0.2) is 5.11 Å². The molecule has 86 valence electrons. The molecule has 3 heteroatoms. The second-order valence-corrected chi connectivity index (χ2v) is 4.18. The van der Waals surface area contributed by atoms with Crippen LogP contribution in [0, 0.1) is 0 Å². The zero-order valence-corrected chi connectivity index (χ0v) is 10.7. The van der Waals surface area contributed by atoms with Crippen molar-refractivity contribution in [3.05, 3.63) is 42.0 Å². The first kappa shape index (κ1) is 12.7. The fourth-order valence-electron chi connectivity index (χ4n) is 1.35. The Balaban J connectivity index is 2.58. The molecule has 0 aliphatic rings. The van der Waals surface area contributed by atoms with Gasteiger partial charge in [-0.2, -0.15) is 0 Å². The fraction of sp³-hybridized carbons (Fsp3) is 0.308. The highest BCUT2D eigenvalue weighted by atomic mass is 32.1. The number of anilines is 1. The Morgan fingerprint density at radius 2 is 2.06 bits per heavy atom. The van der Waals surface area contributed by atoms with Crippen LogP contribution in [0.25, 0.3) is 0 Å². The first-order valence-corrected chi connectivity index (χ1v) is 5.81. The number of thiocarbonyl (C=S) groups is 1. The summed E-state index contributed by atoms with van der Waals surface area (Å²) in [5.74, 6) is 0. The standard InChI is InChI=1S/C13H18N2S/c1-4-11-7-5-6-8-12(11)15-13(16)14-9-10(2)3/h5-8H,2,4,9H2,1,3H3,(H2,14,15,16). The van der Waals surface area contributed by atoms with Crippen molar-refractivity contribution >= 4 is 23.0 Å². The van der Waals surface area contributed by atoms with Crippen molar-refractivity contribution in [3.8, 4) is 0 Å². The normalized spacial score (nSPS) is 9.62. The Morgan fingerprint density at radius 3 is 2.69 bits per heavy atom. The third-order valence-electron chi connectivity index (χ3n) is 2.20. The molecule has 0 saturated heterocycles. The highest BCUT2D eigenvalue weighted by Gasteiger charge is 2.01. The maximum atomic E-state index is 5.20. The lowest BCUT2D eigenvalue weighted by Crippen LogP contribution is -2.29. The van der Waals surface area contributed by atoms with E-state index in [-0.39, 0.29) is 0 Å². The smallest absolute Gasteiger partial charge is 0.171 e. The molecule has 0 aromatic heterocycles. The minimum absolute atomic E-state index is 0.643. The van der Waals surface area contributed by atoms with Gasteiger partial charge in [-0.25, -0.2) is 0 Å². The van der Waals surface area contributed by atoms with Crippen molar-refractivity contribution in [3.63, 3.8) is 0 Å². The molecule has 0 amide bonds. The number of hydrogen-bond acceptors (Lipinski definition) is 1. The van der Waals surface area contributed by atoms with Gasteiger partial charge in [0.25, 0.3) is 0 Å². The summed E-state index contributed by atoms with van der Waals surface area (Å²) >= 11 is 5.20. The summed E-state index contributed by atoms with van der Waals surface area (Å²) < 4.78 is 0. The van der Waals surface area contributed by atoms with Gasteiger partial charge in [0.2, 0.25) is 0 Å². The maximum Gasteiger partial charge on any atom is 0.171 e. The lowest BCUT2D eigenvalue weighted by Gasteiger charge is -2.13. The first-order chi connectivity index (χ1) is 7.63. The van der Waals surface area contributed by atoms with E-state index in [4.69, 9.17) is 12.2 Å². The van der Waals surface area contributed by atoms with Gasteiger partial charge in [-0.3, -0.25) is 0 Å². The molecule has 0 saturated carbocycles. The first-order valence-electron chi connectivity index (χ1n) is 5.40. The van der Waals surface area contributed by atoms with Crippen LogP contribution < -0.4 is 10.6 Å². The van der Waals surface area contributed by atoms with Crippen LogP contribution >= 0.6 is 12.2 Å². The third-order valence-corrected chi connectivity index (χ3v) is 2.44. The second-order valence-electron chi connectivity index (χ2n) is 3.78. The van der Waals surface area contributed by atoms with Gasteiger partial charge >= 0.3 is 0 Å². The highest BCUT2D eigenvalue weighted by molar-refractivity contribution is 7.80. The molecule has 1 aromatic carbocycles. The number of benzene rings is 1. The van der Waals surface area contributed by atoms with E-state index in [0.717, 1.165) is 17.7 Å². The second kappa shape index (κ2) is 6.28. The SMILES string of the molecule is C=C(C)CNC(=S)Nc1ccccc1CC. The minimum Gasteiger partial charge on any atom is -0.359 e. The molecule has 2 N–H and O–H groups in total. The number of aryl methyl sites for hydroxylation is 1. The van der Waals surface area contributed by atoms with E-state index in [1.807, 2.05) is 25.1 Å². The fourth-order valence-corrected chi connectivity index (χ4v) is 1.53. The van der Waals surface area contributed by atoms with Crippen LogP contribution in [-0.2, 0) is 6.42 Å². The van der Waals surface area contributed by atoms with Crippen LogP contribution in [0.3, 0.4) is 0 Å². The van der Waals surface area contributed by atoms with E-state index in [1.54, 1.807) is 0 Å². The Morgan fingerprint density at radius 1 is 1.38 bits per heavy atom. The molecule has 1 aromatic rings. The molecule has 0 aliphatic heterocycles. The molecule has 2 nitrogen and oxygen atoms in total. The number of rotatable bonds is 4. The van der Waals surface area contributed by atoms with Gasteiger partial charge in [0.05, 0.1) is 0 Å². The summed E-state index contributed by atoms with van der Waals surface area (Å²) in [5, 5.41) is 6.94. The topological polar surface area (TPSA) is 24.1 Å². The van der Waals surface area contributed by atoms with Crippen molar-refractivity contribution in [2.24, 2.45) is 0 Å². The molecule has 0 heterocycles. The van der Waals surface area contributed by atoms with Crippen molar-refractivity contribution in [1.82, 2.24) is 5.32 Å². The molecular weight excluding hydrogens is 216 g/mol. The van der Waals surface area contributed by atoms with Gasteiger partial charge in [-0.15, -0.1) is 0 Å². The molecule has 0 fully saturated rings. The van der Waals surface area contributed by atoms with Crippen molar-refractivity contribution in [2.75, 3.05) is 11.9 Å². The summed E-state index contributed by atoms with van der Waals surface area (Å²) in [6.45, 7) is 8.62. The molecule has 0 spiro atoms. The average molecular weight is 234 g/mol. The van der Waals surface area contributed by atoms with Gasteiger partial charge in [-0.1, -0.05) is 37.3 Å². The Bertz CT molecular complexity index is 385. The van der Waals surface area contributed by atoms with E-state index < -0.39 is 0 Å². The van der Waals surface area contributed by atoms with E-state index >= 15 is 0 Å². The average Bonchev–Trinajstić information content (AvgIpc) is 2.27. The predicted octanol–water partition coefficient (Wildman–Crippen LogP) is 3.11. The molecule has 0 atom stereocenters. The lowest BCUT2D eigenvalue weighted by atomic mass is 10.1. The largest absolute Gasteiger partial charge is 0.359 e. The molecule has 16 heavy (non-hydrogen) atoms. The summed E-state index contributed by atoms with van der Waals surface area (Å²) in [6, 6.07) is 8.18. The van der Waals surface area contributed by atoms with Crippen LogP contribution in [0.15, 0.2) is 36.4 Å². The van der Waals surface area contributed by atoms with Gasteiger partial charge in [0, 0.05) is 12.2 Å². The van der Waals surface area contributed by atoms with Gasteiger partial charge in [-0.05, 0) is 37.2 Å². The van der Waals surface area contributed by atoms with Gasteiger partial charge < -0.3 is 10.6 Å². The van der Waals surface area contributed by atoms with Crippen LogP contribution in [0.1, 0.15) is 19.4 Å². The van der Waals surface area contributed by atoms with Crippen LogP contribution in [0.2, 0.25) is 0 Å². The number of hydrogen-bond donors (Lipinski definition) is 2. The summed E-state index contributed by atoms with van der Waals surface area (Å²) in [5.41, 5.74) is 3.40. The summed E-state index contributed by atoms with van der Waals surface area (Å²) in [6.07, 6.45) is 0.992. The van der Waals surface area contributed by atoms with E-state index in [9.17, 15) is 0 Å². The summed E-state index contributed by atoms with van der Waals surface area (Å²) in [4.78, 5) is 0. The zero-order chi connectivity index (χ0) is 12.0. The Labute approximate surface area is 103 Å². The zero-order valence-electron chi connectivity index (χ0n) is 9.84. The van der Waals surface area contributed by atoms with Crippen molar-refractivity contribution < 1.29 is 0 Å². The molecule has 0 unspecified atom stereocenters. The predicted molar refractivity (Wildman–Crippen MR) is 74.9 cm³/mol. The minimum atomic E-state index is 0.643.